The van der Waals surface area contributed by atoms with Gasteiger partial charge >= 0.3 is 6.18 Å². The Morgan fingerprint density at radius 3 is 2.13 bits per heavy atom. The number of hydrogen-bond acceptors (Lipinski definition) is 2. The van der Waals surface area contributed by atoms with Gasteiger partial charge in [-0.3, -0.25) is 0 Å². The van der Waals surface area contributed by atoms with E-state index in [1.165, 1.54) is 12.1 Å². The summed E-state index contributed by atoms with van der Waals surface area (Å²) in [4.78, 5) is 0. The molecule has 1 atom stereocenters. The molecule has 0 aliphatic rings. The van der Waals surface area contributed by atoms with Crippen LogP contribution in [-0.4, -0.2) is 17.8 Å². The highest BCUT2D eigenvalue weighted by Gasteiger charge is 2.29. The first-order chi connectivity index (χ1) is 6.93. The van der Waals surface area contributed by atoms with Crippen molar-refractivity contribution in [3.05, 3.63) is 35.4 Å². The summed E-state index contributed by atoms with van der Waals surface area (Å²) in [5, 5.41) is 8.67. The van der Waals surface area contributed by atoms with Gasteiger partial charge in [-0.25, -0.2) is 0 Å². The van der Waals surface area contributed by atoms with E-state index in [0.29, 0.717) is 12.0 Å². The fourth-order valence-corrected chi connectivity index (χ4v) is 1.20. The van der Waals surface area contributed by atoms with Crippen LogP contribution in [0.1, 0.15) is 11.1 Å². The first-order valence-corrected chi connectivity index (χ1v) is 4.46. The van der Waals surface area contributed by atoms with Gasteiger partial charge in [0.15, 0.2) is 0 Å². The van der Waals surface area contributed by atoms with Gasteiger partial charge in [0.2, 0.25) is 0 Å². The van der Waals surface area contributed by atoms with E-state index in [1.807, 2.05) is 0 Å². The molecule has 3 N–H and O–H groups in total. The highest BCUT2D eigenvalue weighted by atomic mass is 19.4. The average molecular weight is 219 g/mol. The Labute approximate surface area is 85.5 Å². The number of rotatable bonds is 3. The molecule has 0 aliphatic carbocycles. The molecule has 2 nitrogen and oxygen atoms in total. The molecule has 84 valence electrons. The van der Waals surface area contributed by atoms with Crippen molar-refractivity contribution in [1.29, 1.82) is 0 Å². The monoisotopic (exact) mass is 219 g/mol. The van der Waals surface area contributed by atoms with E-state index in [0.717, 1.165) is 12.1 Å². The van der Waals surface area contributed by atoms with Crippen molar-refractivity contribution >= 4 is 0 Å². The molecule has 0 heterocycles. The molecule has 1 rings (SSSR count). The zero-order valence-corrected chi connectivity index (χ0v) is 7.96. The van der Waals surface area contributed by atoms with E-state index in [1.54, 1.807) is 0 Å². The molecule has 5 heteroatoms. The molecule has 0 amide bonds. The van der Waals surface area contributed by atoms with Crippen LogP contribution >= 0.6 is 0 Å². The van der Waals surface area contributed by atoms with Gasteiger partial charge in [-0.1, -0.05) is 12.1 Å². The van der Waals surface area contributed by atoms with Crippen molar-refractivity contribution in [1.82, 2.24) is 0 Å². The second kappa shape index (κ2) is 4.63. The minimum atomic E-state index is -4.31. The third-order valence-corrected chi connectivity index (χ3v) is 2.01. The normalized spacial score (nSPS) is 13.9. The van der Waals surface area contributed by atoms with Crippen LogP contribution in [0.4, 0.5) is 13.2 Å². The zero-order valence-electron chi connectivity index (χ0n) is 7.96. The number of nitrogens with two attached hydrogens (primary N) is 1. The molecule has 15 heavy (non-hydrogen) atoms. The summed E-state index contributed by atoms with van der Waals surface area (Å²) in [5.74, 6) is 0. The van der Waals surface area contributed by atoms with Crippen LogP contribution < -0.4 is 5.73 Å². The van der Waals surface area contributed by atoms with Gasteiger partial charge < -0.3 is 10.8 Å². The number of aliphatic hydroxyl groups excluding tert-OH is 1. The number of alkyl halides is 3. The highest BCUT2D eigenvalue weighted by molar-refractivity contribution is 5.25. The second-order valence-electron chi connectivity index (χ2n) is 3.34. The minimum Gasteiger partial charge on any atom is -0.395 e. The number of hydrogen-bond donors (Lipinski definition) is 2. The number of benzene rings is 1. The summed E-state index contributed by atoms with van der Waals surface area (Å²) < 4.78 is 36.6. The topological polar surface area (TPSA) is 46.2 Å². The molecule has 0 saturated heterocycles. The van der Waals surface area contributed by atoms with Gasteiger partial charge in [0.05, 0.1) is 12.2 Å². The molecule has 1 aromatic rings. The van der Waals surface area contributed by atoms with Crippen LogP contribution in [0.3, 0.4) is 0 Å². The second-order valence-corrected chi connectivity index (χ2v) is 3.34. The molecular formula is C10H12F3NO. The van der Waals surface area contributed by atoms with E-state index in [-0.39, 0.29) is 6.61 Å². The molecule has 0 fully saturated rings. The minimum absolute atomic E-state index is 0.180. The third-order valence-electron chi connectivity index (χ3n) is 2.01. The fraction of sp³-hybridized carbons (Fsp3) is 0.400. The van der Waals surface area contributed by atoms with E-state index in [2.05, 4.69) is 0 Å². The van der Waals surface area contributed by atoms with Gasteiger partial charge in [-0.05, 0) is 24.1 Å². The van der Waals surface area contributed by atoms with Gasteiger partial charge in [-0.15, -0.1) is 0 Å². The fourth-order valence-electron chi connectivity index (χ4n) is 1.20. The Morgan fingerprint density at radius 2 is 1.73 bits per heavy atom. The van der Waals surface area contributed by atoms with Crippen LogP contribution in [0.5, 0.6) is 0 Å². The molecule has 0 bridgehead atoms. The van der Waals surface area contributed by atoms with Crippen molar-refractivity contribution in [3.63, 3.8) is 0 Å². The molecule has 0 spiro atoms. The Morgan fingerprint density at radius 1 is 1.20 bits per heavy atom. The lowest BCUT2D eigenvalue weighted by atomic mass is 10.1. The molecule has 1 aromatic carbocycles. The van der Waals surface area contributed by atoms with Crippen molar-refractivity contribution in [2.75, 3.05) is 6.61 Å². The number of aliphatic hydroxyl groups is 1. The quantitative estimate of drug-likeness (QED) is 0.810. The largest absolute Gasteiger partial charge is 0.416 e. The summed E-state index contributed by atoms with van der Waals surface area (Å²) in [6, 6.07) is 4.34. The van der Waals surface area contributed by atoms with Crippen LogP contribution in [0, 0.1) is 0 Å². The lowest BCUT2D eigenvalue weighted by molar-refractivity contribution is -0.137. The zero-order chi connectivity index (χ0) is 11.5. The van der Waals surface area contributed by atoms with Crippen LogP contribution in [0.2, 0.25) is 0 Å². The van der Waals surface area contributed by atoms with Crippen LogP contribution in [0.25, 0.3) is 0 Å². The maximum absolute atomic E-state index is 12.2. The van der Waals surface area contributed by atoms with Crippen LogP contribution in [0.15, 0.2) is 24.3 Å². The van der Waals surface area contributed by atoms with Crippen molar-refractivity contribution < 1.29 is 18.3 Å². The summed E-state index contributed by atoms with van der Waals surface area (Å²) in [6.07, 6.45) is -3.94. The predicted octanol–water partition coefficient (Wildman–Crippen LogP) is 1.57. The maximum Gasteiger partial charge on any atom is 0.416 e. The molecule has 0 unspecified atom stereocenters. The average Bonchev–Trinajstić information content (AvgIpc) is 2.17. The van der Waals surface area contributed by atoms with E-state index in [9.17, 15) is 13.2 Å². The van der Waals surface area contributed by atoms with Gasteiger partial charge in [0.25, 0.3) is 0 Å². The standard InChI is InChI=1S/C10H12F3NO/c11-10(12,13)8-3-1-7(2-4-8)5-9(14)6-15/h1-4,9,15H,5-6,14H2/t9-/m0/s1. The third kappa shape index (κ3) is 3.53. The summed E-state index contributed by atoms with van der Waals surface area (Å²) in [7, 11) is 0. The van der Waals surface area contributed by atoms with Crippen LogP contribution in [-0.2, 0) is 12.6 Å². The van der Waals surface area contributed by atoms with Gasteiger partial charge in [0.1, 0.15) is 0 Å². The smallest absolute Gasteiger partial charge is 0.395 e. The Balaban J connectivity index is 2.73. The van der Waals surface area contributed by atoms with Crippen molar-refractivity contribution in [2.45, 2.75) is 18.6 Å². The molecule has 0 saturated carbocycles. The van der Waals surface area contributed by atoms with E-state index < -0.39 is 17.8 Å². The van der Waals surface area contributed by atoms with Gasteiger partial charge in [0, 0.05) is 6.04 Å². The molecule has 0 aromatic heterocycles. The molecular weight excluding hydrogens is 207 g/mol. The predicted molar refractivity (Wildman–Crippen MR) is 50.2 cm³/mol. The van der Waals surface area contributed by atoms with Crippen molar-refractivity contribution in [3.8, 4) is 0 Å². The molecule has 0 radical (unpaired) electrons. The lowest BCUT2D eigenvalue weighted by Gasteiger charge is -2.10. The SMILES string of the molecule is N[C@H](CO)Cc1ccc(C(F)(F)F)cc1. The Bertz CT molecular complexity index is 307. The van der Waals surface area contributed by atoms with Gasteiger partial charge in [-0.2, -0.15) is 13.2 Å². The first kappa shape index (κ1) is 12.0. The first-order valence-electron chi connectivity index (χ1n) is 4.46. The summed E-state index contributed by atoms with van der Waals surface area (Å²) >= 11 is 0. The van der Waals surface area contributed by atoms with Crippen molar-refractivity contribution in [2.24, 2.45) is 5.73 Å². The summed E-state index contributed by atoms with van der Waals surface area (Å²) in [5.41, 5.74) is 5.46. The lowest BCUT2D eigenvalue weighted by Crippen LogP contribution is -2.26. The maximum atomic E-state index is 12.2. The highest BCUT2D eigenvalue weighted by Crippen LogP contribution is 2.29. The van der Waals surface area contributed by atoms with E-state index in [4.69, 9.17) is 10.8 Å². The Kier molecular flexibility index (Phi) is 3.71. The van der Waals surface area contributed by atoms with E-state index >= 15 is 0 Å². The Hall–Kier alpha value is -1.07. The number of halogens is 3. The summed E-state index contributed by atoms with van der Waals surface area (Å²) in [6.45, 7) is -0.180. The molecule has 0 aliphatic heterocycles.